The van der Waals surface area contributed by atoms with E-state index in [1.807, 2.05) is 18.8 Å². The Balaban J connectivity index is 0.00000364. The fourth-order valence-electron chi connectivity index (χ4n) is 3.00. The van der Waals surface area contributed by atoms with Crippen LogP contribution in [-0.4, -0.2) is 70.2 Å². The topological polar surface area (TPSA) is 46.1 Å². The zero-order chi connectivity index (χ0) is 18.5. The first-order chi connectivity index (χ1) is 12.8. The number of thioether (sulfide) groups is 1. The Morgan fingerprint density at radius 2 is 2.04 bits per heavy atom. The molecule has 0 saturated carbocycles. The van der Waals surface area contributed by atoms with Crippen molar-refractivity contribution >= 4 is 41.7 Å². The second-order valence-corrected chi connectivity index (χ2v) is 7.60. The number of rotatable bonds is 11. The van der Waals surface area contributed by atoms with E-state index >= 15 is 0 Å². The van der Waals surface area contributed by atoms with Crippen molar-refractivity contribution in [3.63, 3.8) is 0 Å². The van der Waals surface area contributed by atoms with Crippen molar-refractivity contribution in [3.05, 3.63) is 30.3 Å². The molecule has 0 amide bonds. The molecule has 1 aromatic carbocycles. The fourth-order valence-corrected chi connectivity index (χ4v) is 4.05. The molecule has 1 N–H and O–H groups in total. The minimum absolute atomic E-state index is 0. The average molecular weight is 507 g/mol. The number of hydrogen-bond donors (Lipinski definition) is 1. The molecule has 0 aliphatic carbocycles. The van der Waals surface area contributed by atoms with E-state index in [1.54, 1.807) is 7.11 Å². The molecule has 0 aromatic heterocycles. The van der Waals surface area contributed by atoms with Gasteiger partial charge in [0.2, 0.25) is 0 Å². The first kappa shape index (κ1) is 24.5. The second kappa shape index (κ2) is 15.4. The SMILES string of the molecule is CN=C(NCCCCOCCOC)N1CCC(CSc2ccccc2)C1.I. The minimum atomic E-state index is 0. The molecule has 27 heavy (non-hydrogen) atoms. The van der Waals surface area contributed by atoms with Crippen molar-refractivity contribution < 1.29 is 9.47 Å². The van der Waals surface area contributed by atoms with Crippen LogP contribution in [0, 0.1) is 5.92 Å². The maximum absolute atomic E-state index is 5.49. The predicted molar refractivity (Wildman–Crippen MR) is 126 cm³/mol. The first-order valence-corrected chi connectivity index (χ1v) is 10.5. The third-order valence-electron chi connectivity index (χ3n) is 4.46. The van der Waals surface area contributed by atoms with Gasteiger partial charge in [0.25, 0.3) is 0 Å². The Hall–Kier alpha value is -0.510. The van der Waals surface area contributed by atoms with Crippen LogP contribution in [0.1, 0.15) is 19.3 Å². The van der Waals surface area contributed by atoms with E-state index in [0.29, 0.717) is 13.2 Å². The number of ether oxygens (including phenoxy) is 2. The van der Waals surface area contributed by atoms with Gasteiger partial charge < -0.3 is 19.7 Å². The van der Waals surface area contributed by atoms with Crippen molar-refractivity contribution in [2.75, 3.05) is 59.4 Å². The van der Waals surface area contributed by atoms with E-state index in [2.05, 4.69) is 45.5 Å². The van der Waals surface area contributed by atoms with Crippen molar-refractivity contribution in [2.45, 2.75) is 24.2 Å². The monoisotopic (exact) mass is 507 g/mol. The zero-order valence-corrected chi connectivity index (χ0v) is 19.7. The number of nitrogens with zero attached hydrogens (tertiary/aromatic N) is 2. The maximum Gasteiger partial charge on any atom is 0.193 e. The van der Waals surface area contributed by atoms with Crippen LogP contribution in [0.4, 0.5) is 0 Å². The average Bonchev–Trinajstić information content (AvgIpc) is 3.15. The summed E-state index contributed by atoms with van der Waals surface area (Å²) in [7, 11) is 3.57. The van der Waals surface area contributed by atoms with Crippen LogP contribution >= 0.6 is 35.7 Å². The minimum Gasteiger partial charge on any atom is -0.382 e. The quantitative estimate of drug-likeness (QED) is 0.163. The van der Waals surface area contributed by atoms with Crippen molar-refractivity contribution in [1.29, 1.82) is 0 Å². The van der Waals surface area contributed by atoms with Crippen molar-refractivity contribution in [3.8, 4) is 0 Å². The molecule has 1 aliphatic rings. The molecule has 2 rings (SSSR count). The molecular weight excluding hydrogens is 473 g/mol. The molecule has 1 unspecified atom stereocenters. The smallest absolute Gasteiger partial charge is 0.193 e. The van der Waals surface area contributed by atoms with Crippen molar-refractivity contribution in [1.82, 2.24) is 10.2 Å². The molecule has 0 spiro atoms. The lowest BCUT2D eigenvalue weighted by atomic mass is 10.2. The predicted octanol–water partition coefficient (Wildman–Crippen LogP) is 3.74. The normalized spacial score (nSPS) is 17.0. The Labute approximate surface area is 185 Å². The number of aliphatic imine (C=N–C) groups is 1. The summed E-state index contributed by atoms with van der Waals surface area (Å²) in [6.07, 6.45) is 3.39. The van der Waals surface area contributed by atoms with Gasteiger partial charge in [0.1, 0.15) is 0 Å². The Morgan fingerprint density at radius 3 is 2.78 bits per heavy atom. The van der Waals surface area contributed by atoms with E-state index in [4.69, 9.17) is 9.47 Å². The molecule has 0 radical (unpaired) electrons. The summed E-state index contributed by atoms with van der Waals surface area (Å²) in [4.78, 5) is 8.21. The molecule has 1 fully saturated rings. The summed E-state index contributed by atoms with van der Waals surface area (Å²) in [5.41, 5.74) is 0. The van der Waals surface area contributed by atoms with Gasteiger partial charge >= 0.3 is 0 Å². The number of halogens is 1. The Kier molecular flexibility index (Phi) is 14.0. The highest BCUT2D eigenvalue weighted by atomic mass is 127. The van der Waals surface area contributed by atoms with Gasteiger partial charge in [0, 0.05) is 51.0 Å². The van der Waals surface area contributed by atoms with Crippen LogP contribution in [0.5, 0.6) is 0 Å². The number of likely N-dealkylation sites (tertiary alicyclic amines) is 1. The highest BCUT2D eigenvalue weighted by Gasteiger charge is 2.24. The molecule has 1 heterocycles. The standard InChI is InChI=1S/C20H33N3O2S.HI/c1-21-20(22-11-6-7-13-25-15-14-24-2)23-12-10-18(16-23)17-26-19-8-4-3-5-9-19;/h3-5,8-9,18H,6-7,10-17H2,1-2H3,(H,21,22);1H. The lowest BCUT2D eigenvalue weighted by Crippen LogP contribution is -2.40. The third kappa shape index (κ3) is 10.0. The van der Waals surface area contributed by atoms with Crippen molar-refractivity contribution in [2.24, 2.45) is 10.9 Å². The summed E-state index contributed by atoms with van der Waals surface area (Å²) in [5.74, 6) is 2.95. The maximum atomic E-state index is 5.49. The summed E-state index contributed by atoms with van der Waals surface area (Å²) in [6, 6.07) is 10.7. The van der Waals surface area contributed by atoms with Gasteiger partial charge in [-0.25, -0.2) is 0 Å². The number of methoxy groups -OCH3 is 1. The summed E-state index contributed by atoms with van der Waals surface area (Å²) in [5, 5.41) is 3.50. The first-order valence-electron chi connectivity index (χ1n) is 9.53. The van der Waals surface area contributed by atoms with Gasteiger partial charge in [-0.1, -0.05) is 18.2 Å². The van der Waals surface area contributed by atoms with E-state index in [0.717, 1.165) is 51.0 Å². The molecule has 1 saturated heterocycles. The zero-order valence-electron chi connectivity index (χ0n) is 16.6. The molecule has 1 atom stereocenters. The molecule has 154 valence electrons. The summed E-state index contributed by atoms with van der Waals surface area (Å²) >= 11 is 1.96. The number of unbranched alkanes of at least 4 members (excludes halogenated alkanes) is 1. The largest absolute Gasteiger partial charge is 0.382 e. The van der Waals surface area contributed by atoms with Gasteiger partial charge in [-0.2, -0.15) is 0 Å². The van der Waals surface area contributed by atoms with Gasteiger partial charge in [0.15, 0.2) is 5.96 Å². The Bertz CT molecular complexity index is 519. The molecule has 7 heteroatoms. The molecule has 0 bridgehead atoms. The number of benzene rings is 1. The van der Waals surface area contributed by atoms with Crippen LogP contribution in [0.2, 0.25) is 0 Å². The molecule has 1 aliphatic heterocycles. The summed E-state index contributed by atoms with van der Waals surface area (Å²) < 4.78 is 10.5. The number of nitrogens with one attached hydrogen (secondary N) is 1. The molecular formula is C20H34IN3O2S. The van der Waals surface area contributed by atoms with E-state index in [9.17, 15) is 0 Å². The highest BCUT2D eigenvalue weighted by Crippen LogP contribution is 2.25. The number of hydrogen-bond acceptors (Lipinski definition) is 4. The van der Waals surface area contributed by atoms with Crippen LogP contribution in [0.15, 0.2) is 40.2 Å². The Morgan fingerprint density at radius 1 is 1.22 bits per heavy atom. The van der Waals surface area contributed by atoms with Gasteiger partial charge in [-0.05, 0) is 37.3 Å². The summed E-state index contributed by atoms with van der Waals surface area (Å²) in [6.45, 7) is 5.29. The van der Waals surface area contributed by atoms with Crippen LogP contribution < -0.4 is 5.32 Å². The number of guanidine groups is 1. The molecule has 5 nitrogen and oxygen atoms in total. The lowest BCUT2D eigenvalue weighted by molar-refractivity contribution is 0.0689. The van der Waals surface area contributed by atoms with Crippen LogP contribution in [0.3, 0.4) is 0 Å². The van der Waals surface area contributed by atoms with Gasteiger partial charge in [-0.15, -0.1) is 35.7 Å². The lowest BCUT2D eigenvalue weighted by Gasteiger charge is -2.21. The fraction of sp³-hybridized carbons (Fsp3) is 0.650. The third-order valence-corrected chi connectivity index (χ3v) is 5.70. The van der Waals surface area contributed by atoms with Crippen LogP contribution in [-0.2, 0) is 9.47 Å². The van der Waals surface area contributed by atoms with Crippen LogP contribution in [0.25, 0.3) is 0 Å². The highest BCUT2D eigenvalue weighted by molar-refractivity contribution is 14.0. The second-order valence-electron chi connectivity index (χ2n) is 6.51. The van der Waals surface area contributed by atoms with E-state index in [1.165, 1.54) is 17.1 Å². The van der Waals surface area contributed by atoms with Gasteiger partial charge in [-0.3, -0.25) is 4.99 Å². The molecule has 1 aromatic rings. The van der Waals surface area contributed by atoms with E-state index < -0.39 is 0 Å². The van der Waals surface area contributed by atoms with E-state index in [-0.39, 0.29) is 24.0 Å². The van der Waals surface area contributed by atoms with Gasteiger partial charge in [0.05, 0.1) is 13.2 Å².